The van der Waals surface area contributed by atoms with Gasteiger partial charge in [0.05, 0.1) is 6.67 Å². The number of nitrogens with one attached hydrogen (secondary N) is 1. The van der Waals surface area contributed by atoms with Gasteiger partial charge in [0.1, 0.15) is 5.82 Å². The number of rotatable bonds is 0. The van der Waals surface area contributed by atoms with E-state index in [1.54, 1.807) is 0 Å². The molecule has 62 valence electrons. The van der Waals surface area contributed by atoms with Gasteiger partial charge in [-0.2, -0.15) is 0 Å². The predicted molar refractivity (Wildman–Crippen MR) is 46.7 cm³/mol. The molecule has 0 saturated heterocycles. The maximum atomic E-state index is 3.94. The second kappa shape index (κ2) is 3.44. The van der Waals surface area contributed by atoms with Crippen LogP contribution in [0.5, 0.6) is 0 Å². The Bertz CT molecular complexity index is 174. The van der Waals surface area contributed by atoms with Crippen molar-refractivity contribution in [3.8, 4) is 0 Å². The average Bonchev–Trinajstić information content (AvgIpc) is 2.00. The molecule has 1 aliphatic heterocycles. The van der Waals surface area contributed by atoms with E-state index in [4.69, 9.17) is 0 Å². The highest BCUT2D eigenvalue weighted by Crippen LogP contribution is 2.04. The molecule has 0 aromatic carbocycles. The summed E-state index contributed by atoms with van der Waals surface area (Å²) < 4.78 is 0. The standard InChI is InChI=1S/C8H15N3/c1-8-10(2)6-4-5-9-7-11(8)3/h4,6,9H,1,5,7H2,2-3H3. The van der Waals surface area contributed by atoms with Crippen LogP contribution in [0, 0.1) is 0 Å². The Morgan fingerprint density at radius 2 is 2.27 bits per heavy atom. The van der Waals surface area contributed by atoms with Crippen molar-refractivity contribution in [2.45, 2.75) is 0 Å². The van der Waals surface area contributed by atoms with Crippen LogP contribution >= 0.6 is 0 Å². The van der Waals surface area contributed by atoms with Crippen molar-refractivity contribution >= 4 is 0 Å². The van der Waals surface area contributed by atoms with Crippen LogP contribution < -0.4 is 5.32 Å². The van der Waals surface area contributed by atoms with E-state index in [1.807, 2.05) is 25.2 Å². The van der Waals surface area contributed by atoms with Crippen LogP contribution in [0.1, 0.15) is 0 Å². The highest BCUT2D eigenvalue weighted by Gasteiger charge is 2.05. The van der Waals surface area contributed by atoms with Gasteiger partial charge in [0.2, 0.25) is 0 Å². The van der Waals surface area contributed by atoms with Crippen molar-refractivity contribution in [1.29, 1.82) is 0 Å². The second-order valence-electron chi connectivity index (χ2n) is 2.72. The van der Waals surface area contributed by atoms with Crippen LogP contribution in [0.15, 0.2) is 24.7 Å². The van der Waals surface area contributed by atoms with Crippen molar-refractivity contribution in [1.82, 2.24) is 15.1 Å². The van der Waals surface area contributed by atoms with Crippen LogP contribution in [-0.4, -0.2) is 37.1 Å². The van der Waals surface area contributed by atoms with E-state index in [-0.39, 0.29) is 0 Å². The van der Waals surface area contributed by atoms with Gasteiger partial charge >= 0.3 is 0 Å². The summed E-state index contributed by atoms with van der Waals surface area (Å²) >= 11 is 0. The van der Waals surface area contributed by atoms with Gasteiger partial charge in [0, 0.05) is 26.8 Å². The lowest BCUT2D eigenvalue weighted by Crippen LogP contribution is -2.36. The molecule has 0 spiro atoms. The molecule has 0 aromatic heterocycles. The van der Waals surface area contributed by atoms with Gasteiger partial charge < -0.3 is 9.80 Å². The molecule has 3 nitrogen and oxygen atoms in total. The third-order valence-corrected chi connectivity index (χ3v) is 1.79. The van der Waals surface area contributed by atoms with E-state index in [2.05, 4.69) is 22.9 Å². The fraction of sp³-hybridized carbons (Fsp3) is 0.500. The Kier molecular flexibility index (Phi) is 2.54. The van der Waals surface area contributed by atoms with Crippen molar-refractivity contribution in [3.63, 3.8) is 0 Å². The first-order valence-electron chi connectivity index (χ1n) is 3.72. The molecule has 0 bridgehead atoms. The summed E-state index contributed by atoms with van der Waals surface area (Å²) in [5, 5.41) is 3.24. The van der Waals surface area contributed by atoms with Crippen LogP contribution in [-0.2, 0) is 0 Å². The SMILES string of the molecule is C=C1N(C)C=CCNCN1C. The molecule has 0 radical (unpaired) electrons. The number of nitrogens with zero attached hydrogens (tertiary/aromatic N) is 2. The normalized spacial score (nSPS) is 20.0. The van der Waals surface area contributed by atoms with Crippen LogP contribution in [0.4, 0.5) is 0 Å². The smallest absolute Gasteiger partial charge is 0.101 e. The first kappa shape index (κ1) is 8.14. The van der Waals surface area contributed by atoms with E-state index in [0.29, 0.717) is 0 Å². The zero-order valence-corrected chi connectivity index (χ0v) is 7.17. The summed E-state index contributed by atoms with van der Waals surface area (Å²) in [7, 11) is 4.02. The Hall–Kier alpha value is -0.960. The number of hydrogen-bond donors (Lipinski definition) is 1. The first-order chi connectivity index (χ1) is 5.22. The quantitative estimate of drug-likeness (QED) is 0.543. The Labute approximate surface area is 68.0 Å². The van der Waals surface area contributed by atoms with Gasteiger partial charge in [0.25, 0.3) is 0 Å². The number of hydrogen-bond acceptors (Lipinski definition) is 3. The van der Waals surface area contributed by atoms with Crippen LogP contribution in [0.3, 0.4) is 0 Å². The summed E-state index contributed by atoms with van der Waals surface area (Å²) in [4.78, 5) is 4.09. The second-order valence-corrected chi connectivity index (χ2v) is 2.72. The fourth-order valence-electron chi connectivity index (χ4n) is 0.973. The largest absolute Gasteiger partial charge is 0.349 e. The lowest BCUT2D eigenvalue weighted by molar-refractivity contribution is 0.295. The van der Waals surface area contributed by atoms with Crippen molar-refractivity contribution in [3.05, 3.63) is 24.7 Å². The topological polar surface area (TPSA) is 18.5 Å². The lowest BCUT2D eigenvalue weighted by atomic mass is 10.5. The summed E-state index contributed by atoms with van der Waals surface area (Å²) in [6.45, 7) is 5.71. The third kappa shape index (κ3) is 1.98. The van der Waals surface area contributed by atoms with E-state index in [0.717, 1.165) is 19.0 Å². The summed E-state index contributed by atoms with van der Waals surface area (Å²) in [5.74, 6) is 1.01. The molecular weight excluding hydrogens is 138 g/mol. The molecule has 1 N–H and O–H groups in total. The van der Waals surface area contributed by atoms with Gasteiger partial charge in [-0.3, -0.25) is 5.32 Å². The third-order valence-electron chi connectivity index (χ3n) is 1.79. The zero-order valence-electron chi connectivity index (χ0n) is 7.17. The van der Waals surface area contributed by atoms with Crippen LogP contribution in [0.2, 0.25) is 0 Å². The monoisotopic (exact) mass is 153 g/mol. The van der Waals surface area contributed by atoms with Crippen molar-refractivity contribution in [2.24, 2.45) is 0 Å². The minimum atomic E-state index is 0.855. The molecule has 0 saturated carbocycles. The molecule has 0 fully saturated rings. The molecule has 11 heavy (non-hydrogen) atoms. The minimum absolute atomic E-state index is 0.855. The average molecular weight is 153 g/mol. The highest BCUT2D eigenvalue weighted by molar-refractivity contribution is 4.99. The molecule has 1 aliphatic rings. The Balaban J connectivity index is 2.64. The molecule has 0 unspecified atom stereocenters. The molecule has 0 atom stereocenters. The van der Waals surface area contributed by atoms with Crippen LogP contribution in [0.25, 0.3) is 0 Å². The fourth-order valence-corrected chi connectivity index (χ4v) is 0.973. The zero-order chi connectivity index (χ0) is 8.27. The molecule has 1 rings (SSSR count). The summed E-state index contributed by atoms with van der Waals surface area (Å²) in [6, 6.07) is 0. The van der Waals surface area contributed by atoms with Gasteiger partial charge in [-0.15, -0.1) is 0 Å². The maximum Gasteiger partial charge on any atom is 0.101 e. The molecule has 0 aliphatic carbocycles. The van der Waals surface area contributed by atoms with E-state index in [9.17, 15) is 0 Å². The highest BCUT2D eigenvalue weighted by atomic mass is 15.3. The predicted octanol–water partition coefficient (Wildman–Crippen LogP) is 0.396. The molecular formula is C8H15N3. The van der Waals surface area contributed by atoms with E-state index in [1.165, 1.54) is 0 Å². The van der Waals surface area contributed by atoms with Gasteiger partial charge in [-0.05, 0) is 0 Å². The summed E-state index contributed by atoms with van der Waals surface area (Å²) in [5.41, 5.74) is 0. The lowest BCUT2D eigenvalue weighted by Gasteiger charge is -2.29. The van der Waals surface area contributed by atoms with Gasteiger partial charge in [0.15, 0.2) is 0 Å². The molecule has 1 heterocycles. The van der Waals surface area contributed by atoms with Gasteiger partial charge in [-0.1, -0.05) is 12.7 Å². The molecule has 3 heteroatoms. The van der Waals surface area contributed by atoms with Crippen molar-refractivity contribution in [2.75, 3.05) is 27.3 Å². The van der Waals surface area contributed by atoms with E-state index >= 15 is 0 Å². The molecule has 0 aromatic rings. The van der Waals surface area contributed by atoms with Crippen molar-refractivity contribution < 1.29 is 0 Å². The summed E-state index contributed by atoms with van der Waals surface area (Å²) in [6.07, 6.45) is 4.10. The maximum absolute atomic E-state index is 3.94. The Morgan fingerprint density at radius 1 is 1.55 bits per heavy atom. The molecule has 0 amide bonds. The van der Waals surface area contributed by atoms with Gasteiger partial charge in [-0.25, -0.2) is 0 Å². The minimum Gasteiger partial charge on any atom is -0.349 e. The van der Waals surface area contributed by atoms with E-state index < -0.39 is 0 Å². The first-order valence-corrected chi connectivity index (χ1v) is 3.72. The Morgan fingerprint density at radius 3 is 3.00 bits per heavy atom.